The van der Waals surface area contributed by atoms with E-state index in [9.17, 15) is 4.79 Å². The maximum absolute atomic E-state index is 12.7. The zero-order chi connectivity index (χ0) is 19.7. The van der Waals surface area contributed by atoms with E-state index in [0.717, 1.165) is 59.5 Å². The Labute approximate surface area is 168 Å². The fraction of sp³-hybridized carbons (Fsp3) is 0.333. The Kier molecular flexibility index (Phi) is 5.19. The van der Waals surface area contributed by atoms with Crippen LogP contribution in [-0.2, 0) is 11.8 Å². The summed E-state index contributed by atoms with van der Waals surface area (Å²) in [5, 5.41) is 7.46. The van der Waals surface area contributed by atoms with Gasteiger partial charge in [0.25, 0.3) is 5.91 Å². The number of thiophene rings is 1. The molecule has 0 spiro atoms. The predicted molar refractivity (Wildman–Crippen MR) is 113 cm³/mol. The van der Waals surface area contributed by atoms with Gasteiger partial charge < -0.3 is 15.0 Å². The number of amides is 1. The van der Waals surface area contributed by atoms with Gasteiger partial charge >= 0.3 is 0 Å². The summed E-state index contributed by atoms with van der Waals surface area (Å²) in [6.45, 7) is 7.36. The molecule has 0 bridgehead atoms. The predicted octanol–water partition coefficient (Wildman–Crippen LogP) is 3.85. The largest absolute Gasteiger partial charge is 0.378 e. The molecule has 0 atom stereocenters. The molecule has 6 nitrogen and oxygen atoms in total. The van der Waals surface area contributed by atoms with Crippen LogP contribution in [0.2, 0.25) is 0 Å². The number of rotatable bonds is 4. The number of carbonyl (C=O) groups excluding carboxylic acids is 1. The van der Waals surface area contributed by atoms with E-state index in [2.05, 4.69) is 15.3 Å². The summed E-state index contributed by atoms with van der Waals surface area (Å²) in [4.78, 5) is 16.7. The summed E-state index contributed by atoms with van der Waals surface area (Å²) in [6.07, 6.45) is 0. The number of aromatic nitrogens is 2. The Morgan fingerprint density at radius 1 is 1.11 bits per heavy atom. The van der Waals surface area contributed by atoms with Gasteiger partial charge in [0.05, 0.1) is 23.8 Å². The Morgan fingerprint density at radius 2 is 1.82 bits per heavy atom. The van der Waals surface area contributed by atoms with Crippen molar-refractivity contribution in [2.45, 2.75) is 13.8 Å². The summed E-state index contributed by atoms with van der Waals surface area (Å²) >= 11 is 1.49. The third-order valence-electron chi connectivity index (χ3n) is 5.09. The molecular weight excluding hydrogens is 372 g/mol. The molecule has 1 amide bonds. The van der Waals surface area contributed by atoms with Crippen molar-refractivity contribution >= 4 is 28.6 Å². The first-order valence-corrected chi connectivity index (χ1v) is 10.2. The third-order valence-corrected chi connectivity index (χ3v) is 6.19. The number of hydrogen-bond acceptors (Lipinski definition) is 5. The lowest BCUT2D eigenvalue weighted by Crippen LogP contribution is -2.36. The molecule has 4 rings (SSSR count). The minimum atomic E-state index is -0.0884. The lowest BCUT2D eigenvalue weighted by atomic mass is 10.1. The van der Waals surface area contributed by atoms with Crippen LogP contribution in [0.25, 0.3) is 10.4 Å². The van der Waals surface area contributed by atoms with E-state index >= 15 is 0 Å². The van der Waals surface area contributed by atoms with Gasteiger partial charge in [-0.15, -0.1) is 11.3 Å². The van der Waals surface area contributed by atoms with Crippen molar-refractivity contribution in [3.8, 4) is 10.4 Å². The second-order valence-electron chi connectivity index (χ2n) is 6.93. The molecule has 3 heterocycles. The number of anilines is 2. The first kappa shape index (κ1) is 18.7. The Morgan fingerprint density at radius 3 is 2.46 bits per heavy atom. The maximum Gasteiger partial charge on any atom is 0.265 e. The minimum absolute atomic E-state index is 0.0884. The van der Waals surface area contributed by atoms with Crippen LogP contribution in [0.5, 0.6) is 0 Å². The zero-order valence-electron chi connectivity index (χ0n) is 16.4. The van der Waals surface area contributed by atoms with E-state index < -0.39 is 0 Å². The number of nitrogens with zero attached hydrogens (tertiary/aromatic N) is 3. The molecule has 1 aromatic carbocycles. The van der Waals surface area contributed by atoms with E-state index in [-0.39, 0.29) is 5.91 Å². The molecule has 7 heteroatoms. The summed E-state index contributed by atoms with van der Waals surface area (Å²) in [5.41, 5.74) is 5.15. The Balaban J connectivity index is 1.46. The minimum Gasteiger partial charge on any atom is -0.378 e. The first-order valence-electron chi connectivity index (χ1n) is 9.37. The van der Waals surface area contributed by atoms with Crippen LogP contribution in [0, 0.1) is 13.8 Å². The first-order chi connectivity index (χ1) is 13.5. The fourth-order valence-electron chi connectivity index (χ4n) is 3.49. The van der Waals surface area contributed by atoms with Gasteiger partial charge in [-0.2, -0.15) is 5.10 Å². The van der Waals surface area contributed by atoms with E-state index in [1.165, 1.54) is 11.3 Å². The molecule has 1 aliphatic heterocycles. The average molecular weight is 397 g/mol. The van der Waals surface area contributed by atoms with Crippen molar-refractivity contribution in [2.75, 3.05) is 36.5 Å². The maximum atomic E-state index is 12.7. The molecule has 0 saturated carbocycles. The van der Waals surface area contributed by atoms with Crippen LogP contribution in [-0.4, -0.2) is 42.0 Å². The molecule has 2 aromatic heterocycles. The van der Waals surface area contributed by atoms with Crippen molar-refractivity contribution in [3.63, 3.8) is 0 Å². The molecule has 3 aromatic rings. The summed E-state index contributed by atoms with van der Waals surface area (Å²) in [7, 11) is 1.94. The Hall–Kier alpha value is -2.64. The van der Waals surface area contributed by atoms with Gasteiger partial charge in [0.15, 0.2) is 0 Å². The molecule has 0 aliphatic carbocycles. The van der Waals surface area contributed by atoms with E-state index in [4.69, 9.17) is 4.74 Å². The van der Waals surface area contributed by atoms with E-state index in [1.54, 1.807) is 0 Å². The fourth-order valence-corrected chi connectivity index (χ4v) is 4.54. The van der Waals surface area contributed by atoms with Crippen molar-refractivity contribution < 1.29 is 9.53 Å². The van der Waals surface area contributed by atoms with Crippen molar-refractivity contribution in [1.29, 1.82) is 0 Å². The second-order valence-corrected chi connectivity index (χ2v) is 8.02. The van der Waals surface area contributed by atoms with Crippen LogP contribution in [0.1, 0.15) is 21.1 Å². The van der Waals surface area contributed by atoms with Crippen LogP contribution in [0.4, 0.5) is 11.4 Å². The topological polar surface area (TPSA) is 59.4 Å². The van der Waals surface area contributed by atoms with Crippen LogP contribution in [0.3, 0.4) is 0 Å². The van der Waals surface area contributed by atoms with E-state index in [0.29, 0.717) is 4.88 Å². The molecule has 0 unspecified atom stereocenters. The highest BCUT2D eigenvalue weighted by molar-refractivity contribution is 7.17. The van der Waals surface area contributed by atoms with Crippen molar-refractivity contribution in [2.24, 2.45) is 7.05 Å². The number of ether oxygens (including phenoxy) is 1. The van der Waals surface area contributed by atoms with Gasteiger partial charge in [0.1, 0.15) is 0 Å². The monoisotopic (exact) mass is 396 g/mol. The smallest absolute Gasteiger partial charge is 0.265 e. The quantitative estimate of drug-likeness (QED) is 0.728. The number of morpholine rings is 1. The van der Waals surface area contributed by atoms with Gasteiger partial charge in [-0.25, -0.2) is 0 Å². The SMILES string of the molecule is Cc1nn(C)c(C)c1-c1ccc(C(=O)Nc2ccc(N3CCOCC3)cc2)s1. The van der Waals surface area contributed by atoms with Gasteiger partial charge in [-0.1, -0.05) is 0 Å². The molecule has 1 saturated heterocycles. The lowest BCUT2D eigenvalue weighted by molar-refractivity contribution is 0.103. The highest BCUT2D eigenvalue weighted by Crippen LogP contribution is 2.33. The zero-order valence-corrected chi connectivity index (χ0v) is 17.2. The molecular formula is C21H24N4O2S. The molecule has 1 aliphatic rings. The number of carbonyl (C=O) groups is 1. The van der Waals surface area contributed by atoms with Crippen molar-refractivity contribution in [3.05, 3.63) is 52.7 Å². The molecule has 0 radical (unpaired) electrons. The third kappa shape index (κ3) is 3.68. The standard InChI is InChI=1S/C21H24N4O2S/c1-14-20(15(2)24(3)23-14)18-8-9-19(28-18)21(26)22-16-4-6-17(7-5-16)25-10-12-27-13-11-25/h4-9H,10-13H2,1-3H3,(H,22,26). The van der Waals surface area contributed by atoms with Gasteiger partial charge in [-0.05, 0) is 50.2 Å². The van der Waals surface area contributed by atoms with Crippen LogP contribution >= 0.6 is 11.3 Å². The summed E-state index contributed by atoms with van der Waals surface area (Å²) in [6, 6.07) is 11.9. The number of benzene rings is 1. The lowest BCUT2D eigenvalue weighted by Gasteiger charge is -2.28. The van der Waals surface area contributed by atoms with Gasteiger partial charge in [-0.3, -0.25) is 9.48 Å². The molecule has 1 fully saturated rings. The van der Waals surface area contributed by atoms with Gasteiger partial charge in [0, 0.05) is 47.6 Å². The van der Waals surface area contributed by atoms with Crippen molar-refractivity contribution in [1.82, 2.24) is 9.78 Å². The van der Waals surface area contributed by atoms with Gasteiger partial charge in [0.2, 0.25) is 0 Å². The molecule has 146 valence electrons. The summed E-state index contributed by atoms with van der Waals surface area (Å²) < 4.78 is 7.27. The average Bonchev–Trinajstić information content (AvgIpc) is 3.28. The van der Waals surface area contributed by atoms with Crippen LogP contribution < -0.4 is 10.2 Å². The number of nitrogens with one attached hydrogen (secondary N) is 1. The highest BCUT2D eigenvalue weighted by Gasteiger charge is 2.17. The van der Waals surface area contributed by atoms with E-state index in [1.807, 2.05) is 62.0 Å². The Bertz CT molecular complexity index is 985. The van der Waals surface area contributed by atoms with Crippen LogP contribution in [0.15, 0.2) is 36.4 Å². The number of aryl methyl sites for hydroxylation is 2. The summed E-state index contributed by atoms with van der Waals surface area (Å²) in [5.74, 6) is -0.0884. The molecule has 28 heavy (non-hydrogen) atoms. The second kappa shape index (κ2) is 7.77. The molecule has 1 N–H and O–H groups in total. The number of hydrogen-bond donors (Lipinski definition) is 1. The normalized spacial score (nSPS) is 14.3. The highest BCUT2D eigenvalue weighted by atomic mass is 32.1.